The molecule has 0 saturated carbocycles. The average Bonchev–Trinajstić information content (AvgIpc) is 2.87. The number of benzene rings is 1. The first-order valence-electron chi connectivity index (χ1n) is 5.52. The summed E-state index contributed by atoms with van der Waals surface area (Å²) >= 11 is 0. The van der Waals surface area contributed by atoms with E-state index in [2.05, 4.69) is 10.4 Å². The maximum Gasteiger partial charge on any atom is 0.247 e. The fourth-order valence-electron chi connectivity index (χ4n) is 2.28. The predicted octanol–water partition coefficient (Wildman–Crippen LogP) is 2.32. The number of ether oxygens (including phenoxy) is 1. The zero-order valence-corrected chi connectivity index (χ0v) is 8.93. The number of nitrogens with one attached hydrogen (secondary N) is 1. The molecule has 3 heterocycles. The van der Waals surface area contributed by atoms with Crippen molar-refractivity contribution in [1.29, 1.82) is 0 Å². The number of carbonyl (C=O) groups is 1. The maximum absolute atomic E-state index is 11.6. The average molecular weight is 227 g/mol. The highest BCUT2D eigenvalue weighted by Gasteiger charge is 2.31. The standard InChI is InChI=1S/C12H9N3O2/c16-10-6-5-8-11-12(14-15(8)10)13-7-3-1-2-4-9(7)17-11/h1-4H,5-6H2,(H,13,14). The predicted molar refractivity (Wildman–Crippen MR) is 61.0 cm³/mol. The van der Waals surface area contributed by atoms with Crippen LogP contribution in [0.25, 0.3) is 0 Å². The van der Waals surface area contributed by atoms with E-state index in [1.54, 1.807) is 0 Å². The summed E-state index contributed by atoms with van der Waals surface area (Å²) in [6, 6.07) is 7.66. The van der Waals surface area contributed by atoms with Crippen molar-refractivity contribution in [3.8, 4) is 11.5 Å². The summed E-state index contributed by atoms with van der Waals surface area (Å²) < 4.78 is 7.26. The molecule has 0 amide bonds. The van der Waals surface area contributed by atoms with Gasteiger partial charge in [0.1, 0.15) is 0 Å². The number of hydrogen-bond donors (Lipinski definition) is 1. The second kappa shape index (κ2) is 2.88. The monoisotopic (exact) mass is 227 g/mol. The molecule has 0 unspecified atom stereocenters. The highest BCUT2D eigenvalue weighted by molar-refractivity contribution is 5.85. The Labute approximate surface area is 97.0 Å². The lowest BCUT2D eigenvalue weighted by atomic mass is 10.2. The van der Waals surface area contributed by atoms with Crippen molar-refractivity contribution >= 4 is 17.4 Å². The van der Waals surface area contributed by atoms with Gasteiger partial charge >= 0.3 is 0 Å². The molecule has 1 N–H and O–H groups in total. The van der Waals surface area contributed by atoms with Crippen LogP contribution >= 0.6 is 0 Å². The first-order valence-corrected chi connectivity index (χ1v) is 5.52. The fourth-order valence-corrected chi connectivity index (χ4v) is 2.28. The number of fused-ring (bicyclic) bond motifs is 4. The van der Waals surface area contributed by atoms with E-state index in [1.807, 2.05) is 24.3 Å². The van der Waals surface area contributed by atoms with Crippen molar-refractivity contribution in [2.75, 3.05) is 5.32 Å². The first-order chi connectivity index (χ1) is 8.33. The summed E-state index contributed by atoms with van der Waals surface area (Å²) in [5.41, 5.74) is 1.75. The molecule has 4 rings (SSSR count). The van der Waals surface area contributed by atoms with Gasteiger partial charge in [-0.25, -0.2) is 0 Å². The Morgan fingerprint density at radius 2 is 2.18 bits per heavy atom. The van der Waals surface area contributed by atoms with Crippen LogP contribution < -0.4 is 10.1 Å². The summed E-state index contributed by atoms with van der Waals surface area (Å²) in [6.07, 6.45) is 1.21. The van der Waals surface area contributed by atoms with Crippen LogP contribution in [-0.2, 0) is 6.42 Å². The Hall–Kier alpha value is -2.30. The number of aromatic nitrogens is 2. The Morgan fingerprint density at radius 3 is 3.12 bits per heavy atom. The lowest BCUT2D eigenvalue weighted by Crippen LogP contribution is -2.06. The number of para-hydroxylation sites is 2. The Kier molecular flexibility index (Phi) is 1.49. The third-order valence-electron chi connectivity index (χ3n) is 3.10. The molecular weight excluding hydrogens is 218 g/mol. The van der Waals surface area contributed by atoms with Crippen molar-refractivity contribution in [3.05, 3.63) is 30.0 Å². The van der Waals surface area contributed by atoms with Gasteiger partial charge in [-0.1, -0.05) is 12.1 Å². The van der Waals surface area contributed by atoms with Crippen LogP contribution in [-0.4, -0.2) is 15.7 Å². The molecule has 0 saturated heterocycles. The summed E-state index contributed by atoms with van der Waals surface area (Å²) in [4.78, 5) is 11.6. The number of nitrogens with zero attached hydrogens (tertiary/aromatic N) is 2. The summed E-state index contributed by atoms with van der Waals surface area (Å²) in [7, 11) is 0. The van der Waals surface area contributed by atoms with Gasteiger partial charge in [-0.3, -0.25) is 4.79 Å². The Balaban J connectivity index is 1.89. The van der Waals surface area contributed by atoms with Crippen LogP contribution in [0.5, 0.6) is 11.5 Å². The van der Waals surface area contributed by atoms with Crippen molar-refractivity contribution in [2.45, 2.75) is 12.8 Å². The van der Waals surface area contributed by atoms with Gasteiger partial charge in [0, 0.05) is 12.8 Å². The Morgan fingerprint density at radius 1 is 1.29 bits per heavy atom. The van der Waals surface area contributed by atoms with Gasteiger partial charge in [0.15, 0.2) is 17.3 Å². The Bertz CT molecular complexity index is 645. The summed E-state index contributed by atoms with van der Waals surface area (Å²) in [5, 5.41) is 7.42. The summed E-state index contributed by atoms with van der Waals surface area (Å²) in [5.74, 6) is 2.13. The molecular formula is C12H9N3O2. The lowest BCUT2D eigenvalue weighted by molar-refractivity contribution is 0.0910. The van der Waals surface area contributed by atoms with Crippen molar-refractivity contribution in [1.82, 2.24) is 9.78 Å². The van der Waals surface area contributed by atoms with Crippen LogP contribution in [0.4, 0.5) is 11.5 Å². The van der Waals surface area contributed by atoms with Crippen molar-refractivity contribution in [3.63, 3.8) is 0 Å². The fraction of sp³-hybridized carbons (Fsp3) is 0.167. The van der Waals surface area contributed by atoms with Crippen molar-refractivity contribution in [2.24, 2.45) is 0 Å². The molecule has 0 spiro atoms. The van der Waals surface area contributed by atoms with Crippen LogP contribution in [0, 0.1) is 0 Å². The lowest BCUT2D eigenvalue weighted by Gasteiger charge is -2.17. The number of rotatable bonds is 0. The minimum atomic E-state index is 0.0313. The number of carbonyl (C=O) groups excluding carboxylic acids is 1. The van der Waals surface area contributed by atoms with Crippen LogP contribution in [0.2, 0.25) is 0 Å². The highest BCUT2D eigenvalue weighted by Crippen LogP contribution is 2.44. The van der Waals surface area contributed by atoms with Crippen LogP contribution in [0.15, 0.2) is 24.3 Å². The van der Waals surface area contributed by atoms with E-state index in [0.717, 1.165) is 17.1 Å². The van der Waals surface area contributed by atoms with E-state index >= 15 is 0 Å². The topological polar surface area (TPSA) is 56.2 Å². The molecule has 17 heavy (non-hydrogen) atoms. The molecule has 0 bridgehead atoms. The van der Waals surface area contributed by atoms with E-state index < -0.39 is 0 Å². The molecule has 0 radical (unpaired) electrons. The zero-order valence-electron chi connectivity index (χ0n) is 8.93. The molecule has 0 atom stereocenters. The molecule has 0 fully saturated rings. The zero-order chi connectivity index (χ0) is 11.4. The minimum absolute atomic E-state index is 0.0313. The van der Waals surface area contributed by atoms with Crippen LogP contribution in [0.3, 0.4) is 0 Å². The molecule has 0 aliphatic carbocycles. The van der Waals surface area contributed by atoms with Crippen molar-refractivity contribution < 1.29 is 9.53 Å². The minimum Gasteiger partial charge on any atom is -0.449 e. The second-order valence-electron chi connectivity index (χ2n) is 4.15. The van der Waals surface area contributed by atoms with Gasteiger partial charge in [-0.2, -0.15) is 4.68 Å². The van der Waals surface area contributed by atoms with Gasteiger partial charge < -0.3 is 10.1 Å². The van der Waals surface area contributed by atoms with Gasteiger partial charge in [0.25, 0.3) is 0 Å². The van der Waals surface area contributed by atoms with Gasteiger partial charge in [0.2, 0.25) is 5.91 Å². The quantitative estimate of drug-likeness (QED) is 0.640. The van der Waals surface area contributed by atoms with Crippen LogP contribution in [0.1, 0.15) is 16.9 Å². The van der Waals surface area contributed by atoms with E-state index in [1.165, 1.54) is 4.68 Å². The third-order valence-corrected chi connectivity index (χ3v) is 3.10. The molecule has 5 nitrogen and oxygen atoms in total. The van der Waals surface area contributed by atoms with E-state index in [4.69, 9.17) is 4.74 Å². The third kappa shape index (κ3) is 1.08. The van der Waals surface area contributed by atoms with E-state index in [-0.39, 0.29) is 5.91 Å². The summed E-state index contributed by atoms with van der Waals surface area (Å²) in [6.45, 7) is 0. The molecule has 5 heteroatoms. The molecule has 2 aliphatic heterocycles. The van der Waals surface area contributed by atoms with Gasteiger partial charge in [0.05, 0.1) is 11.4 Å². The van der Waals surface area contributed by atoms with Gasteiger partial charge in [-0.15, -0.1) is 5.10 Å². The largest absolute Gasteiger partial charge is 0.449 e. The van der Waals surface area contributed by atoms with E-state index in [0.29, 0.717) is 24.4 Å². The first kappa shape index (κ1) is 8.81. The normalized spacial score (nSPS) is 15.6. The van der Waals surface area contributed by atoms with Gasteiger partial charge in [-0.05, 0) is 12.1 Å². The molecule has 2 aliphatic rings. The SMILES string of the molecule is O=C1CCc2c3c(nn21)Nc1ccccc1O3. The molecule has 2 aromatic rings. The highest BCUT2D eigenvalue weighted by atomic mass is 16.5. The second-order valence-corrected chi connectivity index (χ2v) is 4.15. The molecule has 84 valence electrons. The maximum atomic E-state index is 11.6. The number of hydrogen-bond acceptors (Lipinski definition) is 4. The van der Waals surface area contributed by atoms with E-state index in [9.17, 15) is 4.79 Å². The molecule has 1 aromatic carbocycles. The smallest absolute Gasteiger partial charge is 0.247 e. The molecule has 1 aromatic heterocycles. The number of anilines is 2.